The van der Waals surface area contributed by atoms with Gasteiger partial charge in [-0.25, -0.2) is 19.9 Å². The molecule has 0 bridgehead atoms. The first-order valence-electron chi connectivity index (χ1n) is 23.5. The summed E-state index contributed by atoms with van der Waals surface area (Å²) < 4.78 is 15.2. The summed E-state index contributed by atoms with van der Waals surface area (Å²) in [6, 6.07) is 81.8. The Labute approximate surface area is 400 Å². The molecule has 0 aliphatic carbocycles. The van der Waals surface area contributed by atoms with Crippen molar-refractivity contribution in [2.45, 2.75) is 0 Å². The van der Waals surface area contributed by atoms with Gasteiger partial charge in [0.25, 0.3) is 0 Å². The Hall–Kier alpha value is -9.38. The third kappa shape index (κ3) is 5.47. The molecule has 10 heteroatoms. The fourth-order valence-corrected chi connectivity index (χ4v) is 15.9. The summed E-state index contributed by atoms with van der Waals surface area (Å²) in [5, 5.41) is 7.30. The number of nitrogens with zero attached hydrogens (tertiary/aromatic N) is 8. The maximum Gasteiger partial charge on any atom is 0.221 e. The standard InChI is InChI=1S/C60H38N8OSi/c1-3-17-40(18-4-1)70(41-19-5-2-6-20-41,43-35-36-55-45(37-43)44-21-7-16-30-54(44)69-55)42-33-31-39(32-34-42)58-63-56(67-52-28-14-12-26-50(52)65-48-24-10-8-22-46(48)61-59(65)67)38-57(64-58)68-53-29-15-13-27-51(53)66-49-25-11-9-23-47(49)62-60(66)68/h1-38H. The number of benzene rings is 9. The maximum absolute atomic E-state index is 6.39. The van der Waals surface area contributed by atoms with Gasteiger partial charge in [0, 0.05) is 22.4 Å². The summed E-state index contributed by atoms with van der Waals surface area (Å²) in [6.07, 6.45) is 0. The van der Waals surface area contributed by atoms with Crippen LogP contribution in [0.4, 0.5) is 0 Å². The molecule has 9 nitrogen and oxygen atoms in total. The second kappa shape index (κ2) is 14.8. The highest BCUT2D eigenvalue weighted by Gasteiger charge is 2.42. The molecule has 328 valence electrons. The van der Waals surface area contributed by atoms with Crippen LogP contribution in [0.25, 0.3) is 101 Å². The first kappa shape index (κ1) is 38.7. The summed E-state index contributed by atoms with van der Waals surface area (Å²) in [7, 11) is -2.98. The Bertz CT molecular complexity index is 4340. The van der Waals surface area contributed by atoms with E-state index in [0.29, 0.717) is 17.5 Å². The molecule has 0 amide bonds. The number of hydrogen-bond acceptors (Lipinski definition) is 5. The molecule has 6 heterocycles. The van der Waals surface area contributed by atoms with Gasteiger partial charge in [0.1, 0.15) is 22.8 Å². The van der Waals surface area contributed by atoms with E-state index >= 15 is 0 Å². The van der Waals surface area contributed by atoms with Crippen molar-refractivity contribution in [1.82, 2.24) is 37.9 Å². The monoisotopic (exact) mass is 914 g/mol. The average molecular weight is 915 g/mol. The predicted molar refractivity (Wildman–Crippen MR) is 285 cm³/mol. The van der Waals surface area contributed by atoms with Crippen molar-refractivity contribution >= 4 is 106 Å². The molecular formula is C60H38N8OSi. The maximum atomic E-state index is 6.39. The zero-order valence-corrected chi connectivity index (χ0v) is 38.4. The van der Waals surface area contributed by atoms with Crippen LogP contribution in [-0.4, -0.2) is 45.9 Å². The van der Waals surface area contributed by atoms with E-state index in [2.05, 4.69) is 224 Å². The lowest BCUT2D eigenvalue weighted by atomic mass is 10.1. The van der Waals surface area contributed by atoms with Crippen LogP contribution in [0.15, 0.2) is 235 Å². The van der Waals surface area contributed by atoms with Gasteiger partial charge in [-0.05, 0) is 81.4 Å². The zero-order chi connectivity index (χ0) is 45.9. The number of hydrogen-bond donors (Lipinski definition) is 0. The van der Waals surface area contributed by atoms with Crippen LogP contribution in [0.2, 0.25) is 0 Å². The first-order chi connectivity index (χ1) is 34.7. The highest BCUT2D eigenvalue weighted by molar-refractivity contribution is 7.20. The molecular weight excluding hydrogens is 877 g/mol. The normalized spacial score (nSPS) is 12.3. The van der Waals surface area contributed by atoms with Crippen LogP contribution in [0.3, 0.4) is 0 Å². The van der Waals surface area contributed by atoms with Crippen molar-refractivity contribution in [2.75, 3.05) is 0 Å². The van der Waals surface area contributed by atoms with E-state index in [1.54, 1.807) is 0 Å². The Kier molecular flexibility index (Phi) is 8.19. The van der Waals surface area contributed by atoms with Crippen LogP contribution in [0, 0.1) is 0 Å². The quantitative estimate of drug-likeness (QED) is 0.117. The van der Waals surface area contributed by atoms with Gasteiger partial charge < -0.3 is 4.42 Å². The molecule has 0 saturated carbocycles. The minimum Gasteiger partial charge on any atom is -0.456 e. The van der Waals surface area contributed by atoms with Crippen molar-refractivity contribution in [3.63, 3.8) is 0 Å². The summed E-state index contributed by atoms with van der Waals surface area (Å²) >= 11 is 0. The van der Waals surface area contributed by atoms with Crippen molar-refractivity contribution in [3.8, 4) is 23.0 Å². The number of imidazole rings is 4. The van der Waals surface area contributed by atoms with Gasteiger partial charge in [0.15, 0.2) is 13.9 Å². The second-order valence-corrected chi connectivity index (χ2v) is 21.7. The van der Waals surface area contributed by atoms with E-state index in [9.17, 15) is 0 Å². The molecule has 0 saturated heterocycles. The topological polar surface area (TPSA) is 83.4 Å². The second-order valence-electron chi connectivity index (χ2n) is 17.9. The number of rotatable bonds is 7. The van der Waals surface area contributed by atoms with Crippen LogP contribution < -0.4 is 20.7 Å². The Morgan fingerprint density at radius 2 is 0.771 bits per heavy atom. The minimum atomic E-state index is -2.98. The largest absolute Gasteiger partial charge is 0.456 e. The fourth-order valence-electron chi connectivity index (χ4n) is 11.1. The van der Waals surface area contributed by atoms with E-state index < -0.39 is 8.07 Å². The van der Waals surface area contributed by atoms with Gasteiger partial charge in [-0.3, -0.25) is 17.9 Å². The first-order valence-corrected chi connectivity index (χ1v) is 25.5. The molecule has 9 aromatic carbocycles. The third-order valence-corrected chi connectivity index (χ3v) is 18.9. The number of furan rings is 1. The van der Waals surface area contributed by atoms with Gasteiger partial charge >= 0.3 is 0 Å². The lowest BCUT2D eigenvalue weighted by Gasteiger charge is -2.34. The third-order valence-electron chi connectivity index (χ3n) is 14.2. The number of fused-ring (bicyclic) bond motifs is 13. The SMILES string of the molecule is c1ccc([Si](c2ccccc2)(c2ccc(-c3nc(-n4c5ccccc5n5c6ccccc6nc45)cc(-n4c5ccccc5n5c6ccccc6nc45)n3)cc2)c2ccc3oc4ccccc4c3c2)cc1. The summed E-state index contributed by atoms with van der Waals surface area (Å²) in [6.45, 7) is 0. The molecule has 15 rings (SSSR count). The molecule has 0 N–H and O–H groups in total. The minimum absolute atomic E-state index is 0.580. The molecule has 15 aromatic rings. The van der Waals surface area contributed by atoms with E-state index in [4.69, 9.17) is 24.4 Å². The molecule has 0 spiro atoms. The van der Waals surface area contributed by atoms with E-state index in [-0.39, 0.29) is 0 Å². The van der Waals surface area contributed by atoms with Crippen LogP contribution in [-0.2, 0) is 0 Å². The van der Waals surface area contributed by atoms with Gasteiger partial charge in [0.2, 0.25) is 11.6 Å². The van der Waals surface area contributed by atoms with Crippen LogP contribution in [0.5, 0.6) is 0 Å². The van der Waals surface area contributed by atoms with Crippen molar-refractivity contribution in [2.24, 2.45) is 0 Å². The summed E-state index contributed by atoms with van der Waals surface area (Å²) in [4.78, 5) is 21.5. The fraction of sp³-hybridized carbons (Fsp3) is 0. The highest BCUT2D eigenvalue weighted by atomic mass is 28.3. The Morgan fingerprint density at radius 1 is 0.329 bits per heavy atom. The van der Waals surface area contributed by atoms with Gasteiger partial charge in [-0.1, -0.05) is 164 Å². The molecule has 70 heavy (non-hydrogen) atoms. The molecule has 0 atom stereocenters. The molecule has 0 aliphatic heterocycles. The predicted octanol–water partition coefficient (Wildman–Crippen LogP) is 10.9. The van der Waals surface area contributed by atoms with E-state index in [0.717, 1.165) is 83.2 Å². The van der Waals surface area contributed by atoms with Gasteiger partial charge in [-0.15, -0.1) is 0 Å². The lowest BCUT2D eigenvalue weighted by molar-refractivity contribution is 0.669. The van der Waals surface area contributed by atoms with Crippen molar-refractivity contribution in [1.29, 1.82) is 0 Å². The van der Waals surface area contributed by atoms with E-state index in [1.165, 1.54) is 20.7 Å². The molecule has 0 unspecified atom stereocenters. The molecule has 0 aliphatic rings. The summed E-state index contributed by atoms with van der Waals surface area (Å²) in [5.41, 5.74) is 10.6. The number of aromatic nitrogens is 8. The highest BCUT2D eigenvalue weighted by Crippen LogP contribution is 2.34. The Balaban J connectivity index is 0.994. The summed E-state index contributed by atoms with van der Waals surface area (Å²) in [5.74, 6) is 3.50. The van der Waals surface area contributed by atoms with E-state index in [1.807, 2.05) is 24.3 Å². The molecule has 0 radical (unpaired) electrons. The average Bonchev–Trinajstić information content (AvgIpc) is 4.23. The zero-order valence-electron chi connectivity index (χ0n) is 37.4. The number of para-hydroxylation sites is 9. The molecule has 0 fully saturated rings. The van der Waals surface area contributed by atoms with Crippen LogP contribution >= 0.6 is 0 Å². The molecule has 6 aromatic heterocycles. The smallest absolute Gasteiger partial charge is 0.221 e. The van der Waals surface area contributed by atoms with Crippen LogP contribution in [0.1, 0.15) is 0 Å². The van der Waals surface area contributed by atoms with Gasteiger partial charge in [0.05, 0.1) is 44.1 Å². The van der Waals surface area contributed by atoms with Crippen molar-refractivity contribution in [3.05, 3.63) is 231 Å². The van der Waals surface area contributed by atoms with Crippen molar-refractivity contribution < 1.29 is 4.42 Å². The lowest BCUT2D eigenvalue weighted by Crippen LogP contribution is -2.74. The van der Waals surface area contributed by atoms with Gasteiger partial charge in [-0.2, -0.15) is 0 Å². The Morgan fingerprint density at radius 3 is 1.34 bits per heavy atom.